The number of carboxylic acids is 1. The normalized spacial score (nSPS) is 13.5. The zero-order chi connectivity index (χ0) is 27.7. The summed E-state index contributed by atoms with van der Waals surface area (Å²) < 4.78 is 0. The quantitative estimate of drug-likeness (QED) is 0.199. The van der Waals surface area contributed by atoms with Gasteiger partial charge in [0.25, 0.3) is 0 Å². The number of hydrogen-bond acceptors (Lipinski definition) is 5. The fraction of sp³-hybridized carbons (Fsp3) is 0.357. The highest BCUT2D eigenvalue weighted by Crippen LogP contribution is 2.19. The summed E-state index contributed by atoms with van der Waals surface area (Å²) in [6.45, 7) is 3.27. The molecule has 0 aliphatic carbocycles. The molecule has 0 spiro atoms. The number of nitrogens with one attached hydrogen (secondary N) is 4. The van der Waals surface area contributed by atoms with E-state index in [0.29, 0.717) is 0 Å². The van der Waals surface area contributed by atoms with Crippen LogP contribution in [0.1, 0.15) is 31.4 Å². The molecule has 7 N–H and O–H groups in total. The average molecular weight is 522 g/mol. The molecule has 0 saturated carbocycles. The lowest BCUT2D eigenvalue weighted by molar-refractivity contribution is -0.142. The average Bonchev–Trinajstić information content (AvgIpc) is 3.29. The van der Waals surface area contributed by atoms with Crippen LogP contribution in [0.25, 0.3) is 10.9 Å². The van der Waals surface area contributed by atoms with Crippen molar-refractivity contribution in [2.24, 2.45) is 11.7 Å². The topological polar surface area (TPSA) is 166 Å². The molecule has 0 aliphatic heterocycles. The minimum atomic E-state index is -1.14. The Morgan fingerprint density at radius 3 is 2.26 bits per heavy atom. The molecule has 1 aromatic heterocycles. The van der Waals surface area contributed by atoms with Crippen LogP contribution in [0.4, 0.5) is 0 Å². The number of carbonyl (C=O) groups excluding carboxylic acids is 3. The van der Waals surface area contributed by atoms with E-state index in [2.05, 4.69) is 20.9 Å². The molecule has 10 heteroatoms. The maximum atomic E-state index is 13.0. The van der Waals surface area contributed by atoms with E-state index in [1.54, 1.807) is 0 Å². The first kappa shape index (κ1) is 28.4. The largest absolute Gasteiger partial charge is 0.480 e. The highest BCUT2D eigenvalue weighted by atomic mass is 16.4. The lowest BCUT2D eigenvalue weighted by Crippen LogP contribution is -2.54. The van der Waals surface area contributed by atoms with Gasteiger partial charge >= 0.3 is 5.97 Å². The number of carboxylic acid groups (broad SMARTS) is 1. The van der Waals surface area contributed by atoms with Gasteiger partial charge in [0.1, 0.15) is 12.1 Å². The Morgan fingerprint density at radius 2 is 1.58 bits per heavy atom. The van der Waals surface area contributed by atoms with Gasteiger partial charge in [0.05, 0.1) is 12.6 Å². The Hall–Kier alpha value is -4.18. The number of amides is 3. The van der Waals surface area contributed by atoms with E-state index in [-0.39, 0.29) is 25.2 Å². The summed E-state index contributed by atoms with van der Waals surface area (Å²) in [5.41, 5.74) is 8.85. The molecule has 202 valence electrons. The van der Waals surface area contributed by atoms with Crippen molar-refractivity contribution >= 4 is 34.6 Å². The van der Waals surface area contributed by atoms with Crippen molar-refractivity contribution in [2.45, 2.75) is 51.2 Å². The molecule has 3 atom stereocenters. The molecule has 0 saturated heterocycles. The lowest BCUT2D eigenvalue weighted by Gasteiger charge is -2.21. The van der Waals surface area contributed by atoms with Crippen LogP contribution in [0.5, 0.6) is 0 Å². The zero-order valence-electron chi connectivity index (χ0n) is 21.6. The Labute approximate surface area is 221 Å². The monoisotopic (exact) mass is 521 g/mol. The number of nitrogens with two attached hydrogens (primary N) is 1. The van der Waals surface area contributed by atoms with Crippen LogP contribution in [0.3, 0.4) is 0 Å². The number of aromatic amines is 1. The fourth-order valence-corrected chi connectivity index (χ4v) is 4.20. The van der Waals surface area contributed by atoms with Crippen molar-refractivity contribution in [3.63, 3.8) is 0 Å². The Bertz CT molecular complexity index is 1260. The molecular formula is C28H35N5O5. The van der Waals surface area contributed by atoms with Crippen LogP contribution in [-0.4, -0.2) is 58.5 Å². The van der Waals surface area contributed by atoms with Gasteiger partial charge in [-0.1, -0.05) is 62.4 Å². The first-order valence-electron chi connectivity index (χ1n) is 12.6. The first-order chi connectivity index (χ1) is 18.1. The third-order valence-electron chi connectivity index (χ3n) is 6.13. The summed E-state index contributed by atoms with van der Waals surface area (Å²) >= 11 is 0. The number of rotatable bonds is 13. The Kier molecular flexibility index (Phi) is 10.0. The van der Waals surface area contributed by atoms with Gasteiger partial charge in [0, 0.05) is 23.5 Å². The van der Waals surface area contributed by atoms with E-state index in [1.807, 2.05) is 74.6 Å². The third-order valence-corrected chi connectivity index (χ3v) is 6.13. The maximum Gasteiger partial charge on any atom is 0.326 e. The maximum absolute atomic E-state index is 13.0. The van der Waals surface area contributed by atoms with Crippen LogP contribution >= 0.6 is 0 Å². The van der Waals surface area contributed by atoms with E-state index < -0.39 is 48.4 Å². The molecule has 10 nitrogen and oxygen atoms in total. The van der Waals surface area contributed by atoms with Crippen molar-refractivity contribution in [1.29, 1.82) is 0 Å². The molecular weight excluding hydrogens is 486 g/mol. The van der Waals surface area contributed by atoms with Crippen molar-refractivity contribution in [1.82, 2.24) is 20.9 Å². The van der Waals surface area contributed by atoms with E-state index in [4.69, 9.17) is 5.73 Å². The van der Waals surface area contributed by atoms with Crippen molar-refractivity contribution < 1.29 is 24.3 Å². The molecule has 38 heavy (non-hydrogen) atoms. The minimum absolute atomic E-state index is 0.0601. The molecule has 0 fully saturated rings. The van der Waals surface area contributed by atoms with E-state index >= 15 is 0 Å². The summed E-state index contributed by atoms with van der Waals surface area (Å²) in [5.74, 6) is -2.79. The molecule has 3 unspecified atom stereocenters. The number of fused-ring (bicyclic) bond motifs is 1. The van der Waals surface area contributed by atoms with Gasteiger partial charge in [0.15, 0.2) is 0 Å². The molecule has 0 bridgehead atoms. The molecule has 3 aromatic rings. The third kappa shape index (κ3) is 8.17. The number of para-hydroxylation sites is 1. The van der Waals surface area contributed by atoms with E-state index in [9.17, 15) is 24.3 Å². The summed E-state index contributed by atoms with van der Waals surface area (Å²) in [6.07, 6.45) is 2.53. The van der Waals surface area contributed by atoms with Crippen LogP contribution in [0.15, 0.2) is 60.8 Å². The summed E-state index contributed by atoms with van der Waals surface area (Å²) in [5, 5.41) is 18.0. The molecule has 0 radical (unpaired) electrons. The second-order valence-electron chi connectivity index (χ2n) is 9.73. The Morgan fingerprint density at radius 1 is 0.895 bits per heavy atom. The lowest BCUT2D eigenvalue weighted by atomic mass is 10.0. The van der Waals surface area contributed by atoms with Gasteiger partial charge in [-0.2, -0.15) is 0 Å². The van der Waals surface area contributed by atoms with E-state index in [0.717, 1.165) is 22.0 Å². The highest BCUT2D eigenvalue weighted by Gasteiger charge is 2.26. The van der Waals surface area contributed by atoms with E-state index in [1.165, 1.54) is 0 Å². The first-order valence-corrected chi connectivity index (χ1v) is 12.6. The van der Waals surface area contributed by atoms with Crippen LogP contribution < -0.4 is 21.7 Å². The molecule has 3 amide bonds. The standard InChI is InChI=1S/C28H35N5O5/c1-17(2)12-24(28(37)38)32-25(34)16-31-27(36)23(13-18-8-4-3-5-9-18)33-26(35)21(29)14-19-15-30-22-11-7-6-10-20(19)22/h3-11,15,17,21,23-24,30H,12-14,16,29H2,1-2H3,(H,31,36)(H,32,34)(H,33,35)(H,37,38). The van der Waals surface area contributed by atoms with Gasteiger partial charge in [0.2, 0.25) is 17.7 Å². The predicted octanol–water partition coefficient (Wildman–Crippen LogP) is 1.50. The molecule has 0 aliphatic rings. The van der Waals surface area contributed by atoms with Gasteiger partial charge in [-0.05, 0) is 36.0 Å². The van der Waals surface area contributed by atoms with Crippen LogP contribution in [0.2, 0.25) is 0 Å². The number of aromatic nitrogens is 1. The van der Waals surface area contributed by atoms with Gasteiger partial charge in [-0.25, -0.2) is 4.79 Å². The molecule has 1 heterocycles. The second kappa shape index (κ2) is 13.4. The van der Waals surface area contributed by atoms with Gasteiger partial charge in [-0.15, -0.1) is 0 Å². The molecule has 2 aromatic carbocycles. The van der Waals surface area contributed by atoms with Crippen LogP contribution in [0, 0.1) is 5.92 Å². The minimum Gasteiger partial charge on any atom is -0.480 e. The number of benzene rings is 2. The van der Waals surface area contributed by atoms with Crippen molar-refractivity contribution in [3.05, 3.63) is 71.9 Å². The second-order valence-corrected chi connectivity index (χ2v) is 9.73. The predicted molar refractivity (Wildman–Crippen MR) is 144 cm³/mol. The highest BCUT2D eigenvalue weighted by molar-refractivity contribution is 5.93. The van der Waals surface area contributed by atoms with Crippen LogP contribution in [-0.2, 0) is 32.0 Å². The number of hydrogen-bond donors (Lipinski definition) is 6. The summed E-state index contributed by atoms with van der Waals surface area (Å²) in [7, 11) is 0. The molecule has 3 rings (SSSR count). The number of H-pyrrole nitrogens is 1. The van der Waals surface area contributed by atoms with Crippen molar-refractivity contribution in [2.75, 3.05) is 6.54 Å². The summed E-state index contributed by atoms with van der Waals surface area (Å²) in [6, 6.07) is 13.9. The zero-order valence-corrected chi connectivity index (χ0v) is 21.6. The smallest absolute Gasteiger partial charge is 0.326 e. The fourth-order valence-electron chi connectivity index (χ4n) is 4.20. The Balaban J connectivity index is 1.64. The number of aliphatic carboxylic acids is 1. The number of carbonyl (C=O) groups is 4. The van der Waals surface area contributed by atoms with Crippen molar-refractivity contribution in [3.8, 4) is 0 Å². The SMILES string of the molecule is CC(C)CC(NC(=O)CNC(=O)C(Cc1ccccc1)NC(=O)C(N)Cc1c[nH]c2ccccc12)C(=O)O. The van der Waals surface area contributed by atoms with Gasteiger partial charge in [-0.3, -0.25) is 14.4 Å². The summed E-state index contributed by atoms with van der Waals surface area (Å²) in [4.78, 5) is 53.0. The van der Waals surface area contributed by atoms with Gasteiger partial charge < -0.3 is 31.8 Å².